The second-order valence-corrected chi connectivity index (χ2v) is 8.27. The van der Waals surface area contributed by atoms with E-state index in [1.165, 1.54) is 0 Å². The molecule has 1 aliphatic rings. The van der Waals surface area contributed by atoms with Crippen LogP contribution in [0.2, 0.25) is 5.02 Å². The van der Waals surface area contributed by atoms with E-state index in [1.807, 2.05) is 67.6 Å². The van der Waals surface area contributed by atoms with Crippen molar-refractivity contribution in [2.24, 2.45) is 0 Å². The van der Waals surface area contributed by atoms with E-state index < -0.39 is 18.0 Å². The molecule has 3 aromatic carbocycles. The largest absolute Gasteiger partial charge is 0.496 e. The number of hydrogen-bond acceptors (Lipinski definition) is 3. The predicted octanol–water partition coefficient (Wildman–Crippen LogP) is 5.52. The summed E-state index contributed by atoms with van der Waals surface area (Å²) >= 11 is 6.38. The third-order valence-electron chi connectivity index (χ3n) is 5.91. The maximum Gasteiger partial charge on any atom is 0.306 e. The van der Waals surface area contributed by atoms with Crippen LogP contribution in [0.3, 0.4) is 0 Å². The zero-order valence-corrected chi connectivity index (χ0v) is 17.6. The second-order valence-electron chi connectivity index (χ2n) is 7.83. The Hall–Kier alpha value is -2.82. The van der Waals surface area contributed by atoms with Crippen molar-refractivity contribution in [1.82, 2.24) is 0 Å². The number of carbonyl (C=O) groups is 1. The third-order valence-corrected chi connectivity index (χ3v) is 6.15. The van der Waals surface area contributed by atoms with E-state index in [0.717, 1.165) is 33.6 Å². The zero-order chi connectivity index (χ0) is 21.5. The molecule has 2 atom stereocenters. The maximum atomic E-state index is 11.7. The maximum absolute atomic E-state index is 11.7. The molecule has 0 radical (unpaired) electrons. The first-order valence-electron chi connectivity index (χ1n) is 9.81. The average Bonchev–Trinajstić information content (AvgIpc) is 2.81. The number of fused-ring (bicyclic) bond motifs is 3. The van der Waals surface area contributed by atoms with Gasteiger partial charge in [0.15, 0.2) is 0 Å². The van der Waals surface area contributed by atoms with Crippen molar-refractivity contribution < 1.29 is 19.7 Å². The van der Waals surface area contributed by atoms with Crippen molar-refractivity contribution in [1.29, 1.82) is 0 Å². The average molecular weight is 423 g/mol. The van der Waals surface area contributed by atoms with Gasteiger partial charge in [0.25, 0.3) is 0 Å². The fraction of sp³-hybridized carbons (Fsp3) is 0.240. The lowest BCUT2D eigenvalue weighted by Gasteiger charge is -2.31. The van der Waals surface area contributed by atoms with Crippen LogP contribution in [-0.4, -0.2) is 23.3 Å². The summed E-state index contributed by atoms with van der Waals surface area (Å²) in [6.07, 6.45) is -0.195. The summed E-state index contributed by atoms with van der Waals surface area (Å²) in [6, 6.07) is 19.0. The van der Waals surface area contributed by atoms with Gasteiger partial charge in [-0.3, -0.25) is 4.79 Å². The standard InChI is InChI=1S/C25H23ClO4/c1-15-6-5-8-19(24(15)30-2)21-13-25(29,14-23(27)28)22-9-4-3-7-18(22)17-11-10-16(26)12-20(17)21/h3-12,21,29H,13-14H2,1-2H3,(H,27,28). The highest BCUT2D eigenvalue weighted by atomic mass is 35.5. The summed E-state index contributed by atoms with van der Waals surface area (Å²) in [5.74, 6) is -0.617. The van der Waals surface area contributed by atoms with Gasteiger partial charge in [0.1, 0.15) is 11.4 Å². The SMILES string of the molecule is COc1c(C)cccc1C1CC(O)(CC(=O)O)c2ccccc2-c2ccc(Cl)cc21. The Bertz CT molecular complexity index is 1120. The van der Waals surface area contributed by atoms with Gasteiger partial charge in [-0.25, -0.2) is 0 Å². The number of halogens is 1. The number of aliphatic hydroxyl groups is 1. The molecule has 0 bridgehead atoms. The van der Waals surface area contributed by atoms with Gasteiger partial charge >= 0.3 is 5.97 Å². The van der Waals surface area contributed by atoms with Gasteiger partial charge < -0.3 is 14.9 Å². The van der Waals surface area contributed by atoms with Gasteiger partial charge in [0, 0.05) is 16.5 Å². The van der Waals surface area contributed by atoms with Gasteiger partial charge in [-0.2, -0.15) is 0 Å². The van der Waals surface area contributed by atoms with Gasteiger partial charge in [-0.15, -0.1) is 0 Å². The highest BCUT2D eigenvalue weighted by Gasteiger charge is 2.41. The third kappa shape index (κ3) is 3.47. The minimum atomic E-state index is -1.55. The van der Waals surface area contributed by atoms with Crippen LogP contribution in [0.15, 0.2) is 60.7 Å². The van der Waals surface area contributed by atoms with Crippen molar-refractivity contribution in [3.8, 4) is 16.9 Å². The highest BCUT2D eigenvalue weighted by molar-refractivity contribution is 6.30. The summed E-state index contributed by atoms with van der Waals surface area (Å²) in [5.41, 5.74) is 3.64. The lowest BCUT2D eigenvalue weighted by atomic mass is 9.78. The molecule has 154 valence electrons. The van der Waals surface area contributed by atoms with Gasteiger partial charge in [0.05, 0.1) is 13.5 Å². The van der Waals surface area contributed by atoms with E-state index >= 15 is 0 Å². The summed E-state index contributed by atoms with van der Waals surface area (Å²) in [4.78, 5) is 11.7. The van der Waals surface area contributed by atoms with E-state index in [1.54, 1.807) is 7.11 Å². The summed E-state index contributed by atoms with van der Waals surface area (Å²) in [6.45, 7) is 1.97. The Balaban J connectivity index is 2.04. The predicted molar refractivity (Wildman–Crippen MR) is 117 cm³/mol. The minimum absolute atomic E-state index is 0.198. The van der Waals surface area contributed by atoms with Crippen LogP contribution in [0.4, 0.5) is 0 Å². The molecule has 1 aliphatic carbocycles. The number of aryl methyl sites for hydroxylation is 1. The molecule has 0 spiro atoms. The molecule has 0 amide bonds. The number of carboxylic acid groups (broad SMARTS) is 1. The van der Waals surface area contributed by atoms with E-state index in [4.69, 9.17) is 16.3 Å². The number of para-hydroxylation sites is 1. The Morgan fingerprint density at radius 1 is 1.10 bits per heavy atom. The van der Waals surface area contributed by atoms with Crippen molar-refractivity contribution in [3.05, 3.63) is 87.9 Å². The molecule has 0 saturated heterocycles. The lowest BCUT2D eigenvalue weighted by Crippen LogP contribution is -2.31. The molecule has 0 saturated carbocycles. The molecule has 5 heteroatoms. The Morgan fingerprint density at radius 2 is 1.87 bits per heavy atom. The number of ether oxygens (including phenoxy) is 1. The number of rotatable bonds is 4. The van der Waals surface area contributed by atoms with E-state index in [9.17, 15) is 15.0 Å². The monoisotopic (exact) mass is 422 g/mol. The van der Waals surface area contributed by atoms with Gasteiger partial charge in [-0.1, -0.05) is 60.1 Å². The number of hydrogen-bond donors (Lipinski definition) is 2. The Morgan fingerprint density at radius 3 is 2.60 bits per heavy atom. The molecular formula is C25H23ClO4. The molecule has 30 heavy (non-hydrogen) atoms. The van der Waals surface area contributed by atoms with Crippen molar-refractivity contribution >= 4 is 17.6 Å². The Kier molecular flexibility index (Phi) is 5.31. The quantitative estimate of drug-likeness (QED) is 0.580. The van der Waals surface area contributed by atoms with Crippen LogP contribution >= 0.6 is 11.6 Å². The lowest BCUT2D eigenvalue weighted by molar-refractivity contribution is -0.143. The van der Waals surface area contributed by atoms with Crippen LogP contribution in [0, 0.1) is 6.92 Å². The number of benzene rings is 3. The molecule has 0 aromatic heterocycles. The minimum Gasteiger partial charge on any atom is -0.496 e. The van der Waals surface area contributed by atoms with E-state index in [2.05, 4.69) is 0 Å². The molecular weight excluding hydrogens is 400 g/mol. The fourth-order valence-corrected chi connectivity index (χ4v) is 4.85. The highest BCUT2D eigenvalue weighted by Crippen LogP contribution is 2.51. The molecule has 3 aromatic rings. The van der Waals surface area contributed by atoms with E-state index in [-0.39, 0.29) is 12.3 Å². The topological polar surface area (TPSA) is 66.8 Å². The van der Waals surface area contributed by atoms with Crippen molar-refractivity contribution in [3.63, 3.8) is 0 Å². The molecule has 4 nitrogen and oxygen atoms in total. The fourth-order valence-electron chi connectivity index (χ4n) is 4.67. The van der Waals surface area contributed by atoms with Crippen molar-refractivity contribution in [2.75, 3.05) is 7.11 Å². The number of methoxy groups -OCH3 is 1. The Labute approximate surface area is 180 Å². The van der Waals surface area contributed by atoms with Crippen molar-refractivity contribution in [2.45, 2.75) is 31.3 Å². The second kappa shape index (κ2) is 7.78. The summed E-state index contributed by atoms with van der Waals surface area (Å²) < 4.78 is 5.71. The first-order chi connectivity index (χ1) is 14.3. The van der Waals surface area contributed by atoms with Crippen LogP contribution in [0.1, 0.15) is 41.0 Å². The number of aliphatic carboxylic acids is 1. The smallest absolute Gasteiger partial charge is 0.306 e. The molecule has 2 unspecified atom stereocenters. The molecule has 0 fully saturated rings. The normalized spacial score (nSPS) is 20.1. The van der Waals surface area contributed by atoms with Crippen LogP contribution < -0.4 is 4.74 Å². The van der Waals surface area contributed by atoms with Crippen LogP contribution in [0.25, 0.3) is 11.1 Å². The zero-order valence-electron chi connectivity index (χ0n) is 16.9. The van der Waals surface area contributed by atoms with Crippen LogP contribution in [0.5, 0.6) is 5.75 Å². The first-order valence-corrected chi connectivity index (χ1v) is 10.2. The van der Waals surface area contributed by atoms with Gasteiger partial charge in [-0.05, 0) is 53.3 Å². The summed E-state index contributed by atoms with van der Waals surface area (Å²) in [7, 11) is 1.62. The van der Waals surface area contributed by atoms with E-state index in [0.29, 0.717) is 10.6 Å². The number of carboxylic acids is 1. The molecule has 4 rings (SSSR count). The van der Waals surface area contributed by atoms with Gasteiger partial charge in [0.2, 0.25) is 0 Å². The summed E-state index contributed by atoms with van der Waals surface area (Å²) in [5, 5.41) is 21.9. The first kappa shape index (κ1) is 20.5. The molecule has 2 N–H and O–H groups in total. The molecule has 0 heterocycles. The van der Waals surface area contributed by atoms with Crippen LogP contribution in [-0.2, 0) is 10.4 Å². The molecule has 0 aliphatic heterocycles.